The van der Waals surface area contributed by atoms with Crippen molar-refractivity contribution in [2.75, 3.05) is 0 Å². The van der Waals surface area contributed by atoms with Crippen LogP contribution >= 0.6 is 0 Å². The normalized spacial score (nSPS) is 9.84. The van der Waals surface area contributed by atoms with Gasteiger partial charge in [0.25, 0.3) is 0 Å². The van der Waals surface area contributed by atoms with Gasteiger partial charge in [-0.15, -0.1) is 0 Å². The van der Waals surface area contributed by atoms with E-state index in [0.29, 0.717) is 30.3 Å². The highest BCUT2D eigenvalue weighted by molar-refractivity contribution is 5.10. The monoisotopic (exact) mass is 282 g/mol. The minimum Gasteiger partial charge on any atom is -0.207 e. The minimum absolute atomic E-state index is 0.522. The van der Waals surface area contributed by atoms with E-state index in [-0.39, 0.29) is 0 Å². The molecular formula is C12H5F7. The van der Waals surface area contributed by atoms with Gasteiger partial charge in [0.2, 0.25) is 0 Å². The second kappa shape index (κ2) is 6.21. The zero-order chi connectivity index (χ0) is 14.6. The number of halogens is 7. The molecule has 0 spiro atoms. The fourth-order valence-electron chi connectivity index (χ4n) is 1.02. The molecule has 0 radical (unpaired) electrons. The second-order valence-corrected chi connectivity index (χ2v) is 3.24. The van der Waals surface area contributed by atoms with Gasteiger partial charge in [-0.1, -0.05) is 0 Å². The molecule has 2 rings (SSSR count). The average Bonchev–Trinajstić information content (AvgIpc) is 2.30. The Morgan fingerprint density at radius 1 is 0.474 bits per heavy atom. The fourth-order valence-corrected chi connectivity index (χ4v) is 1.02. The molecule has 0 bridgehead atoms. The standard InChI is InChI=1S/C6H2F4.C6H3F3/c7-3-1-2-4(8)6(10)5(3)9;7-4-1-5(8)3-6(9)2-4/h1-2H;1-3H. The van der Waals surface area contributed by atoms with Crippen molar-refractivity contribution in [1.29, 1.82) is 0 Å². The first-order valence-corrected chi connectivity index (χ1v) is 4.72. The van der Waals surface area contributed by atoms with Crippen molar-refractivity contribution in [3.8, 4) is 0 Å². The van der Waals surface area contributed by atoms with E-state index in [1.54, 1.807) is 0 Å². The van der Waals surface area contributed by atoms with E-state index in [0.717, 1.165) is 0 Å². The van der Waals surface area contributed by atoms with Gasteiger partial charge >= 0.3 is 0 Å². The molecule has 0 aliphatic rings. The molecule has 0 saturated carbocycles. The van der Waals surface area contributed by atoms with Gasteiger partial charge in [0.15, 0.2) is 23.3 Å². The van der Waals surface area contributed by atoms with Crippen LogP contribution in [0.2, 0.25) is 0 Å². The van der Waals surface area contributed by atoms with Gasteiger partial charge in [0.05, 0.1) is 0 Å². The van der Waals surface area contributed by atoms with Crippen LogP contribution in [0.15, 0.2) is 30.3 Å². The van der Waals surface area contributed by atoms with Crippen molar-refractivity contribution in [1.82, 2.24) is 0 Å². The van der Waals surface area contributed by atoms with E-state index in [1.807, 2.05) is 0 Å². The van der Waals surface area contributed by atoms with Gasteiger partial charge in [0.1, 0.15) is 17.5 Å². The summed E-state index contributed by atoms with van der Waals surface area (Å²) in [5.74, 6) is -9.02. The van der Waals surface area contributed by atoms with E-state index in [4.69, 9.17) is 0 Å². The molecule has 0 amide bonds. The molecule has 0 atom stereocenters. The quantitative estimate of drug-likeness (QED) is 0.383. The third-order valence-corrected chi connectivity index (χ3v) is 1.82. The summed E-state index contributed by atoms with van der Waals surface area (Å²) >= 11 is 0. The van der Waals surface area contributed by atoms with Gasteiger partial charge in [-0.05, 0) is 12.1 Å². The topological polar surface area (TPSA) is 0 Å². The summed E-state index contributed by atoms with van der Waals surface area (Å²) in [7, 11) is 0. The third-order valence-electron chi connectivity index (χ3n) is 1.82. The summed E-state index contributed by atoms with van der Waals surface area (Å²) in [6.07, 6.45) is 0. The maximum atomic E-state index is 12.0. The molecule has 19 heavy (non-hydrogen) atoms. The Morgan fingerprint density at radius 2 is 0.737 bits per heavy atom. The second-order valence-electron chi connectivity index (χ2n) is 3.24. The lowest BCUT2D eigenvalue weighted by Crippen LogP contribution is -1.93. The van der Waals surface area contributed by atoms with Crippen molar-refractivity contribution in [3.05, 3.63) is 71.1 Å². The van der Waals surface area contributed by atoms with E-state index >= 15 is 0 Å². The highest BCUT2D eigenvalue weighted by Gasteiger charge is 2.11. The van der Waals surface area contributed by atoms with Crippen LogP contribution in [0.4, 0.5) is 30.7 Å². The molecular weight excluding hydrogens is 277 g/mol. The van der Waals surface area contributed by atoms with Gasteiger partial charge < -0.3 is 0 Å². The Bertz CT molecular complexity index is 503. The van der Waals surface area contributed by atoms with Crippen LogP contribution in [-0.4, -0.2) is 0 Å². The molecule has 0 heterocycles. The van der Waals surface area contributed by atoms with Crippen molar-refractivity contribution >= 4 is 0 Å². The molecule has 0 N–H and O–H groups in total. The van der Waals surface area contributed by atoms with Crippen LogP contribution in [0.25, 0.3) is 0 Å². The Balaban J connectivity index is 0.000000191. The first kappa shape index (κ1) is 15.0. The summed E-state index contributed by atoms with van der Waals surface area (Å²) in [4.78, 5) is 0. The summed E-state index contributed by atoms with van der Waals surface area (Å²) in [5, 5.41) is 0. The van der Waals surface area contributed by atoms with Gasteiger partial charge in [-0.2, -0.15) is 0 Å². The zero-order valence-corrected chi connectivity index (χ0v) is 9.03. The maximum absolute atomic E-state index is 12.0. The van der Waals surface area contributed by atoms with E-state index in [1.165, 1.54) is 0 Å². The average molecular weight is 282 g/mol. The van der Waals surface area contributed by atoms with E-state index in [9.17, 15) is 30.7 Å². The molecule has 0 nitrogen and oxygen atoms in total. The minimum atomic E-state index is -1.78. The Kier molecular flexibility index (Phi) is 4.91. The van der Waals surface area contributed by atoms with E-state index in [2.05, 4.69) is 0 Å². The smallest absolute Gasteiger partial charge is 0.197 e. The zero-order valence-electron chi connectivity index (χ0n) is 9.03. The molecule has 102 valence electrons. The third kappa shape index (κ3) is 4.27. The molecule has 0 aromatic heterocycles. The van der Waals surface area contributed by atoms with Crippen LogP contribution < -0.4 is 0 Å². The highest BCUT2D eigenvalue weighted by atomic mass is 19.2. The lowest BCUT2D eigenvalue weighted by atomic mass is 10.3. The number of rotatable bonds is 0. The molecule has 0 aliphatic heterocycles. The largest absolute Gasteiger partial charge is 0.207 e. The van der Waals surface area contributed by atoms with Gasteiger partial charge in [-0.25, -0.2) is 30.7 Å². The number of hydrogen-bond donors (Lipinski definition) is 0. The lowest BCUT2D eigenvalue weighted by Gasteiger charge is -1.93. The molecule has 0 fully saturated rings. The summed E-state index contributed by atoms with van der Waals surface area (Å²) < 4.78 is 83.8. The summed E-state index contributed by atoms with van der Waals surface area (Å²) in [6, 6.07) is 2.89. The van der Waals surface area contributed by atoms with Crippen LogP contribution in [0, 0.1) is 40.7 Å². The van der Waals surface area contributed by atoms with E-state index < -0.39 is 40.7 Å². The summed E-state index contributed by atoms with van der Waals surface area (Å²) in [5.41, 5.74) is 0. The predicted molar refractivity (Wildman–Crippen MR) is 52.6 cm³/mol. The van der Waals surface area contributed by atoms with Crippen molar-refractivity contribution in [2.45, 2.75) is 0 Å². The van der Waals surface area contributed by atoms with Crippen LogP contribution in [0.1, 0.15) is 0 Å². The van der Waals surface area contributed by atoms with Crippen molar-refractivity contribution in [3.63, 3.8) is 0 Å². The Morgan fingerprint density at radius 3 is 1.00 bits per heavy atom. The number of hydrogen-bond acceptors (Lipinski definition) is 0. The van der Waals surface area contributed by atoms with Gasteiger partial charge in [0, 0.05) is 18.2 Å². The molecule has 0 saturated heterocycles. The van der Waals surface area contributed by atoms with Crippen LogP contribution in [0.3, 0.4) is 0 Å². The van der Waals surface area contributed by atoms with Crippen molar-refractivity contribution in [2.24, 2.45) is 0 Å². The molecule has 2 aromatic rings. The maximum Gasteiger partial charge on any atom is 0.197 e. The first-order valence-electron chi connectivity index (χ1n) is 4.72. The molecule has 2 aromatic carbocycles. The molecule has 7 heteroatoms. The number of benzene rings is 2. The highest BCUT2D eigenvalue weighted by Crippen LogP contribution is 2.12. The predicted octanol–water partition coefficient (Wildman–Crippen LogP) is 4.35. The Labute approximate surface area is 103 Å². The van der Waals surface area contributed by atoms with Gasteiger partial charge in [-0.3, -0.25) is 0 Å². The first-order chi connectivity index (χ1) is 8.81. The van der Waals surface area contributed by atoms with Crippen LogP contribution in [0.5, 0.6) is 0 Å². The fraction of sp³-hybridized carbons (Fsp3) is 0. The summed E-state index contributed by atoms with van der Waals surface area (Å²) in [6.45, 7) is 0. The molecule has 0 aliphatic carbocycles. The Hall–Kier alpha value is -2.05. The SMILES string of the molecule is Fc1cc(F)cc(F)c1.Fc1ccc(F)c(F)c1F. The van der Waals surface area contributed by atoms with Crippen LogP contribution in [-0.2, 0) is 0 Å². The lowest BCUT2D eigenvalue weighted by molar-refractivity contribution is 0.409. The van der Waals surface area contributed by atoms with Crippen molar-refractivity contribution < 1.29 is 30.7 Å². The molecule has 0 unspecified atom stereocenters.